The maximum absolute atomic E-state index is 4.39. The summed E-state index contributed by atoms with van der Waals surface area (Å²) in [6, 6.07) is 2.58. The van der Waals surface area contributed by atoms with Gasteiger partial charge >= 0.3 is 0 Å². The molecule has 0 N–H and O–H groups in total. The van der Waals surface area contributed by atoms with Crippen molar-refractivity contribution in [1.29, 1.82) is 0 Å². The van der Waals surface area contributed by atoms with E-state index >= 15 is 0 Å². The monoisotopic (exact) mass is 301 g/mol. The molecule has 118 valence electrons. The van der Waals surface area contributed by atoms with Crippen LogP contribution in [0, 0.1) is 6.92 Å². The van der Waals surface area contributed by atoms with Crippen LogP contribution >= 0.6 is 0 Å². The van der Waals surface area contributed by atoms with Crippen LogP contribution in [0.5, 0.6) is 0 Å². The average molecular weight is 301 g/mol. The molecule has 0 aromatic carbocycles. The van der Waals surface area contributed by atoms with Gasteiger partial charge in [0.05, 0.1) is 6.54 Å². The summed E-state index contributed by atoms with van der Waals surface area (Å²) in [6.07, 6.45) is 5.67. The van der Waals surface area contributed by atoms with Crippen molar-refractivity contribution in [2.24, 2.45) is 7.05 Å². The van der Waals surface area contributed by atoms with Crippen LogP contribution in [0.4, 0.5) is 5.82 Å². The first-order valence-electron chi connectivity index (χ1n) is 7.70. The van der Waals surface area contributed by atoms with Gasteiger partial charge in [-0.25, -0.2) is 9.97 Å². The van der Waals surface area contributed by atoms with E-state index in [1.54, 1.807) is 12.7 Å². The van der Waals surface area contributed by atoms with Crippen LogP contribution in [0.15, 0.2) is 18.7 Å². The van der Waals surface area contributed by atoms with Crippen molar-refractivity contribution >= 4 is 5.82 Å². The van der Waals surface area contributed by atoms with Gasteiger partial charge in [-0.05, 0) is 19.8 Å². The third kappa shape index (κ3) is 3.24. The standard InChI is InChI=1S/C15H23N7/c1-12-8-14(17-10-16-12)21(3)13-4-6-22(7-5-13)9-15-19-18-11-20(15)2/h8,10-11,13H,4-7,9H2,1-3H3. The molecule has 7 nitrogen and oxygen atoms in total. The molecule has 1 aliphatic rings. The lowest BCUT2D eigenvalue weighted by Crippen LogP contribution is -2.43. The van der Waals surface area contributed by atoms with Gasteiger partial charge in [-0.3, -0.25) is 4.90 Å². The number of hydrogen-bond donors (Lipinski definition) is 0. The molecule has 3 rings (SSSR count). The van der Waals surface area contributed by atoms with Crippen molar-refractivity contribution in [2.45, 2.75) is 32.4 Å². The Morgan fingerprint density at radius 2 is 2.05 bits per heavy atom. The second-order valence-corrected chi connectivity index (χ2v) is 5.99. The molecular formula is C15H23N7. The minimum atomic E-state index is 0.532. The Hall–Kier alpha value is -2.02. The van der Waals surface area contributed by atoms with E-state index in [0.717, 1.165) is 49.8 Å². The fourth-order valence-corrected chi connectivity index (χ4v) is 2.94. The number of hydrogen-bond acceptors (Lipinski definition) is 6. The third-order valence-corrected chi connectivity index (χ3v) is 4.43. The number of likely N-dealkylation sites (tertiary alicyclic amines) is 1. The van der Waals surface area contributed by atoms with Gasteiger partial charge in [-0.15, -0.1) is 10.2 Å². The number of piperidine rings is 1. The summed E-state index contributed by atoms with van der Waals surface area (Å²) in [5.41, 5.74) is 1.01. The van der Waals surface area contributed by atoms with E-state index in [2.05, 4.69) is 37.0 Å². The Morgan fingerprint density at radius 1 is 1.27 bits per heavy atom. The second-order valence-electron chi connectivity index (χ2n) is 5.99. The zero-order valence-corrected chi connectivity index (χ0v) is 13.5. The third-order valence-electron chi connectivity index (χ3n) is 4.43. The number of rotatable bonds is 4. The Bertz CT molecular complexity index is 616. The molecule has 0 bridgehead atoms. The van der Waals surface area contributed by atoms with Crippen molar-refractivity contribution in [3.8, 4) is 0 Å². The van der Waals surface area contributed by atoms with Crippen LogP contribution in [0.25, 0.3) is 0 Å². The molecule has 2 aromatic rings. The first kappa shape index (κ1) is 14.9. The predicted molar refractivity (Wildman–Crippen MR) is 84.5 cm³/mol. The molecule has 7 heteroatoms. The summed E-state index contributed by atoms with van der Waals surface area (Å²) in [6.45, 7) is 5.03. The van der Waals surface area contributed by atoms with E-state index < -0.39 is 0 Å². The predicted octanol–water partition coefficient (Wildman–Crippen LogP) is 1.01. The topological polar surface area (TPSA) is 63.0 Å². The zero-order chi connectivity index (χ0) is 15.5. The largest absolute Gasteiger partial charge is 0.356 e. The van der Waals surface area contributed by atoms with Crippen molar-refractivity contribution < 1.29 is 0 Å². The first-order valence-corrected chi connectivity index (χ1v) is 7.70. The van der Waals surface area contributed by atoms with Gasteiger partial charge in [0.1, 0.15) is 24.3 Å². The molecular weight excluding hydrogens is 278 g/mol. The molecule has 1 fully saturated rings. The van der Waals surface area contributed by atoms with E-state index in [9.17, 15) is 0 Å². The fourth-order valence-electron chi connectivity index (χ4n) is 2.94. The summed E-state index contributed by atoms with van der Waals surface area (Å²) in [5.74, 6) is 2.04. The summed E-state index contributed by atoms with van der Waals surface area (Å²) in [5, 5.41) is 8.11. The maximum atomic E-state index is 4.39. The number of aryl methyl sites for hydroxylation is 2. The Balaban J connectivity index is 1.56. The number of aromatic nitrogens is 5. The lowest BCUT2D eigenvalue weighted by Gasteiger charge is -2.37. The minimum absolute atomic E-state index is 0.532. The Labute approximate surface area is 131 Å². The molecule has 0 unspecified atom stereocenters. The molecule has 0 atom stereocenters. The lowest BCUT2D eigenvalue weighted by molar-refractivity contribution is 0.197. The highest BCUT2D eigenvalue weighted by atomic mass is 15.3. The second kappa shape index (κ2) is 6.39. The number of nitrogens with zero attached hydrogens (tertiary/aromatic N) is 7. The van der Waals surface area contributed by atoms with Gasteiger partial charge in [0.25, 0.3) is 0 Å². The quantitative estimate of drug-likeness (QED) is 0.840. The normalized spacial score (nSPS) is 16.9. The average Bonchev–Trinajstić information content (AvgIpc) is 2.92. The summed E-state index contributed by atoms with van der Waals surface area (Å²) in [7, 11) is 4.12. The Kier molecular flexibility index (Phi) is 4.33. The van der Waals surface area contributed by atoms with Gasteiger partial charge in [0.2, 0.25) is 0 Å². The Morgan fingerprint density at radius 3 is 2.68 bits per heavy atom. The minimum Gasteiger partial charge on any atom is -0.356 e. The van der Waals surface area contributed by atoms with Crippen LogP contribution < -0.4 is 4.90 Å². The van der Waals surface area contributed by atoms with Gasteiger partial charge in [0, 0.05) is 45.0 Å². The van der Waals surface area contributed by atoms with Gasteiger partial charge < -0.3 is 9.47 Å². The molecule has 0 radical (unpaired) electrons. The van der Waals surface area contributed by atoms with Crippen LogP contribution in [0.1, 0.15) is 24.4 Å². The van der Waals surface area contributed by atoms with Crippen LogP contribution in [-0.2, 0) is 13.6 Å². The molecule has 3 heterocycles. The van der Waals surface area contributed by atoms with E-state index in [1.165, 1.54) is 0 Å². The van der Waals surface area contributed by atoms with Crippen molar-refractivity contribution in [3.05, 3.63) is 30.2 Å². The summed E-state index contributed by atoms with van der Waals surface area (Å²) < 4.78 is 1.99. The fraction of sp³-hybridized carbons (Fsp3) is 0.600. The highest BCUT2D eigenvalue weighted by Crippen LogP contribution is 2.21. The van der Waals surface area contributed by atoms with Crippen molar-refractivity contribution in [1.82, 2.24) is 29.6 Å². The first-order chi connectivity index (χ1) is 10.6. The maximum Gasteiger partial charge on any atom is 0.146 e. The SMILES string of the molecule is Cc1cc(N(C)C2CCN(Cc3nncn3C)CC2)ncn1. The van der Waals surface area contributed by atoms with Crippen molar-refractivity contribution in [2.75, 3.05) is 25.0 Å². The zero-order valence-electron chi connectivity index (χ0n) is 13.5. The molecule has 0 spiro atoms. The van der Waals surface area contributed by atoms with Crippen LogP contribution in [0.2, 0.25) is 0 Å². The van der Waals surface area contributed by atoms with E-state index in [-0.39, 0.29) is 0 Å². The highest BCUT2D eigenvalue weighted by molar-refractivity contribution is 5.39. The van der Waals surface area contributed by atoms with Crippen LogP contribution in [-0.4, -0.2) is 55.8 Å². The summed E-state index contributed by atoms with van der Waals surface area (Å²) in [4.78, 5) is 13.3. The summed E-state index contributed by atoms with van der Waals surface area (Å²) >= 11 is 0. The van der Waals surface area contributed by atoms with Gasteiger partial charge in [0.15, 0.2) is 0 Å². The van der Waals surface area contributed by atoms with Crippen LogP contribution in [0.3, 0.4) is 0 Å². The number of anilines is 1. The van der Waals surface area contributed by atoms with E-state index in [0.29, 0.717) is 6.04 Å². The smallest absolute Gasteiger partial charge is 0.146 e. The highest BCUT2D eigenvalue weighted by Gasteiger charge is 2.24. The molecule has 0 aliphatic carbocycles. The lowest BCUT2D eigenvalue weighted by atomic mass is 10.0. The van der Waals surface area contributed by atoms with Gasteiger partial charge in [-0.2, -0.15) is 0 Å². The molecule has 1 aliphatic heterocycles. The molecule has 2 aromatic heterocycles. The molecule has 22 heavy (non-hydrogen) atoms. The van der Waals surface area contributed by atoms with Crippen molar-refractivity contribution in [3.63, 3.8) is 0 Å². The molecule has 0 amide bonds. The van der Waals surface area contributed by atoms with Gasteiger partial charge in [-0.1, -0.05) is 0 Å². The molecule has 1 saturated heterocycles. The molecule has 0 saturated carbocycles. The van der Waals surface area contributed by atoms with E-state index in [1.807, 2.05) is 24.6 Å². The van der Waals surface area contributed by atoms with E-state index in [4.69, 9.17) is 0 Å².